The molecule has 30 heavy (non-hydrogen) atoms. The summed E-state index contributed by atoms with van der Waals surface area (Å²) < 4.78 is 4.68. The molecule has 0 saturated heterocycles. The zero-order chi connectivity index (χ0) is 21.8. The standard InChI is InChI=1S/C26H44O4/c1-3-4-11-22(25-17-18-25)13-9-15-24-16-10-14-23(24)12-7-5-6-8-19-26(28,29)20-30-21(2)27/h5,7,9,15,22-25,28-29H,3-4,6,8,10-14,16-20H2,1-2H3/b7-5-,15-9+/t22-,23-,24-/m0/s1. The normalized spacial score (nSPS) is 23.5. The minimum absolute atomic E-state index is 0.208. The van der Waals surface area contributed by atoms with Gasteiger partial charge in [0, 0.05) is 13.3 Å². The van der Waals surface area contributed by atoms with Crippen LogP contribution in [0.4, 0.5) is 0 Å². The van der Waals surface area contributed by atoms with Crippen LogP contribution in [0.15, 0.2) is 24.3 Å². The van der Waals surface area contributed by atoms with Gasteiger partial charge in [-0.05, 0) is 81.5 Å². The first-order valence-electron chi connectivity index (χ1n) is 12.3. The molecule has 2 fully saturated rings. The van der Waals surface area contributed by atoms with Crippen LogP contribution in [-0.4, -0.2) is 28.6 Å². The minimum Gasteiger partial charge on any atom is -0.460 e. The highest BCUT2D eigenvalue weighted by Gasteiger charge is 2.30. The van der Waals surface area contributed by atoms with Crippen LogP contribution in [0.2, 0.25) is 0 Å². The fraction of sp³-hybridized carbons (Fsp3) is 0.808. The summed E-state index contributed by atoms with van der Waals surface area (Å²) in [5, 5.41) is 19.6. The molecule has 172 valence electrons. The van der Waals surface area contributed by atoms with Crippen molar-refractivity contribution in [1.82, 2.24) is 0 Å². The number of rotatable bonds is 15. The lowest BCUT2D eigenvalue weighted by Gasteiger charge is -2.20. The molecular weight excluding hydrogens is 376 g/mol. The summed E-state index contributed by atoms with van der Waals surface area (Å²) in [5.74, 6) is 1.00. The Morgan fingerprint density at radius 1 is 1.13 bits per heavy atom. The Bertz CT molecular complexity index is 547. The van der Waals surface area contributed by atoms with Crippen LogP contribution in [0.5, 0.6) is 0 Å². The summed E-state index contributed by atoms with van der Waals surface area (Å²) in [7, 11) is 0. The van der Waals surface area contributed by atoms with E-state index in [0.29, 0.717) is 6.42 Å². The summed E-state index contributed by atoms with van der Waals surface area (Å²) in [6.45, 7) is 3.20. The lowest BCUT2D eigenvalue weighted by molar-refractivity contribution is -0.204. The molecule has 0 radical (unpaired) electrons. The number of unbranched alkanes of at least 4 members (excludes halogenated alkanes) is 2. The summed E-state index contributed by atoms with van der Waals surface area (Å²) in [5.41, 5.74) is 0. The van der Waals surface area contributed by atoms with Gasteiger partial charge in [-0.2, -0.15) is 0 Å². The molecule has 0 amide bonds. The van der Waals surface area contributed by atoms with Gasteiger partial charge >= 0.3 is 5.97 Å². The van der Waals surface area contributed by atoms with Gasteiger partial charge in [0.1, 0.15) is 6.61 Å². The highest BCUT2D eigenvalue weighted by molar-refractivity contribution is 5.65. The molecule has 2 aliphatic rings. The average molecular weight is 421 g/mol. The van der Waals surface area contributed by atoms with Gasteiger partial charge in [0.05, 0.1) is 0 Å². The number of aliphatic hydroxyl groups is 2. The van der Waals surface area contributed by atoms with Gasteiger partial charge in [0.15, 0.2) is 5.79 Å². The zero-order valence-corrected chi connectivity index (χ0v) is 19.2. The monoisotopic (exact) mass is 420 g/mol. The summed E-state index contributed by atoms with van der Waals surface area (Å²) in [6.07, 6.45) is 24.5. The van der Waals surface area contributed by atoms with E-state index in [-0.39, 0.29) is 13.0 Å². The molecule has 0 aromatic rings. The van der Waals surface area contributed by atoms with Gasteiger partial charge in [-0.15, -0.1) is 0 Å². The van der Waals surface area contributed by atoms with Crippen molar-refractivity contribution in [2.75, 3.05) is 6.61 Å². The van der Waals surface area contributed by atoms with E-state index in [0.717, 1.165) is 36.5 Å². The molecule has 4 nitrogen and oxygen atoms in total. The minimum atomic E-state index is -1.92. The van der Waals surface area contributed by atoms with Crippen molar-refractivity contribution in [3.8, 4) is 0 Å². The first kappa shape index (κ1) is 25.1. The molecule has 0 aromatic carbocycles. The third-order valence-corrected chi connectivity index (χ3v) is 6.82. The molecule has 0 spiro atoms. The van der Waals surface area contributed by atoms with Gasteiger partial charge < -0.3 is 14.9 Å². The van der Waals surface area contributed by atoms with Crippen molar-refractivity contribution in [2.45, 2.75) is 103 Å². The predicted molar refractivity (Wildman–Crippen MR) is 122 cm³/mol. The molecule has 2 rings (SSSR count). The Morgan fingerprint density at radius 2 is 1.93 bits per heavy atom. The second kappa shape index (κ2) is 13.3. The predicted octanol–water partition coefficient (Wildman–Crippen LogP) is 5.93. The number of esters is 1. The SMILES string of the molecule is CCCC[C@@H](C/C=C/[C@H]1CCC[C@@H]1C/C=C\CCCC(O)(O)COC(C)=O)C1CC1. The molecule has 0 heterocycles. The van der Waals surface area contributed by atoms with Gasteiger partial charge in [0.2, 0.25) is 0 Å². The number of hydrogen-bond donors (Lipinski definition) is 2. The molecule has 0 bridgehead atoms. The molecule has 2 saturated carbocycles. The first-order valence-corrected chi connectivity index (χ1v) is 12.3. The van der Waals surface area contributed by atoms with Crippen molar-refractivity contribution in [3.05, 3.63) is 24.3 Å². The fourth-order valence-corrected chi connectivity index (χ4v) is 4.80. The molecule has 2 aliphatic carbocycles. The highest BCUT2D eigenvalue weighted by Crippen LogP contribution is 2.42. The van der Waals surface area contributed by atoms with Crippen LogP contribution in [0, 0.1) is 23.7 Å². The number of carbonyl (C=O) groups is 1. The largest absolute Gasteiger partial charge is 0.460 e. The van der Waals surface area contributed by atoms with Crippen LogP contribution >= 0.6 is 0 Å². The van der Waals surface area contributed by atoms with E-state index in [1.54, 1.807) is 0 Å². The van der Waals surface area contributed by atoms with E-state index in [1.807, 2.05) is 0 Å². The van der Waals surface area contributed by atoms with Crippen LogP contribution < -0.4 is 0 Å². The van der Waals surface area contributed by atoms with Crippen molar-refractivity contribution in [1.29, 1.82) is 0 Å². The molecule has 0 aliphatic heterocycles. The number of hydrogen-bond acceptors (Lipinski definition) is 4. The lowest BCUT2D eigenvalue weighted by atomic mass is 9.89. The van der Waals surface area contributed by atoms with Crippen molar-refractivity contribution >= 4 is 5.97 Å². The topological polar surface area (TPSA) is 66.8 Å². The van der Waals surface area contributed by atoms with Crippen molar-refractivity contribution in [2.24, 2.45) is 23.7 Å². The number of allylic oxidation sites excluding steroid dienone is 4. The molecule has 0 unspecified atom stereocenters. The summed E-state index contributed by atoms with van der Waals surface area (Å²) in [4.78, 5) is 10.8. The number of ether oxygens (including phenoxy) is 1. The molecule has 2 N–H and O–H groups in total. The van der Waals surface area contributed by atoms with E-state index in [2.05, 4.69) is 36.0 Å². The Labute approximate surface area is 183 Å². The third-order valence-electron chi connectivity index (χ3n) is 6.82. The maximum Gasteiger partial charge on any atom is 0.302 e. The third kappa shape index (κ3) is 10.3. The smallest absolute Gasteiger partial charge is 0.302 e. The molecule has 4 heteroatoms. The van der Waals surface area contributed by atoms with E-state index in [9.17, 15) is 15.0 Å². The fourth-order valence-electron chi connectivity index (χ4n) is 4.80. The maximum absolute atomic E-state index is 10.8. The maximum atomic E-state index is 10.8. The Balaban J connectivity index is 1.63. The second-order valence-corrected chi connectivity index (χ2v) is 9.62. The van der Waals surface area contributed by atoms with Crippen molar-refractivity contribution < 1.29 is 19.7 Å². The van der Waals surface area contributed by atoms with E-state index < -0.39 is 11.8 Å². The second-order valence-electron chi connectivity index (χ2n) is 9.62. The lowest BCUT2D eigenvalue weighted by Crippen LogP contribution is -2.34. The quantitative estimate of drug-likeness (QED) is 0.149. The van der Waals surface area contributed by atoms with Gasteiger partial charge in [-0.25, -0.2) is 0 Å². The van der Waals surface area contributed by atoms with Gasteiger partial charge in [-0.3, -0.25) is 4.79 Å². The van der Waals surface area contributed by atoms with Crippen LogP contribution in [0.1, 0.15) is 97.3 Å². The Kier molecular flexibility index (Phi) is 11.2. The van der Waals surface area contributed by atoms with Crippen LogP contribution in [0.25, 0.3) is 0 Å². The Morgan fingerprint density at radius 3 is 2.63 bits per heavy atom. The van der Waals surface area contributed by atoms with E-state index >= 15 is 0 Å². The van der Waals surface area contributed by atoms with Gasteiger partial charge in [-0.1, -0.05) is 50.5 Å². The van der Waals surface area contributed by atoms with Gasteiger partial charge in [0.25, 0.3) is 0 Å². The molecule has 0 aromatic heterocycles. The van der Waals surface area contributed by atoms with Crippen molar-refractivity contribution in [3.63, 3.8) is 0 Å². The van der Waals surface area contributed by atoms with Crippen LogP contribution in [0.3, 0.4) is 0 Å². The number of carbonyl (C=O) groups excluding carboxylic acids is 1. The Hall–Kier alpha value is -1.13. The summed E-state index contributed by atoms with van der Waals surface area (Å²) in [6, 6.07) is 0. The van der Waals surface area contributed by atoms with E-state index in [4.69, 9.17) is 0 Å². The summed E-state index contributed by atoms with van der Waals surface area (Å²) >= 11 is 0. The molecule has 3 atom stereocenters. The zero-order valence-electron chi connectivity index (χ0n) is 19.2. The van der Waals surface area contributed by atoms with Crippen LogP contribution in [-0.2, 0) is 9.53 Å². The van der Waals surface area contributed by atoms with E-state index in [1.165, 1.54) is 64.7 Å². The molecular formula is C26H44O4. The average Bonchev–Trinajstić information content (AvgIpc) is 3.45. The first-order chi connectivity index (χ1) is 14.4. The highest BCUT2D eigenvalue weighted by atomic mass is 16.6.